The maximum atomic E-state index is 13.1. The van der Waals surface area contributed by atoms with Crippen LogP contribution in [0.1, 0.15) is 30.5 Å². The topological polar surface area (TPSA) is 114 Å². The summed E-state index contributed by atoms with van der Waals surface area (Å²) in [5.74, 6) is 2.14. The van der Waals surface area contributed by atoms with Crippen LogP contribution in [0.3, 0.4) is 0 Å². The molecule has 1 fully saturated rings. The summed E-state index contributed by atoms with van der Waals surface area (Å²) >= 11 is 0. The van der Waals surface area contributed by atoms with Gasteiger partial charge in [-0.25, -0.2) is 17.9 Å². The number of benzene rings is 2. The van der Waals surface area contributed by atoms with Crippen molar-refractivity contribution in [2.45, 2.75) is 29.8 Å². The molecule has 2 atom stereocenters. The Bertz CT molecular complexity index is 1130. The largest absolute Gasteiger partial charge is 0.496 e. The maximum Gasteiger partial charge on any atom is 0.322 e. The fourth-order valence-electron chi connectivity index (χ4n) is 3.26. The van der Waals surface area contributed by atoms with Gasteiger partial charge < -0.3 is 10.1 Å². The number of imide groups is 1. The first-order valence-electron chi connectivity index (χ1n) is 9.04. The predicted molar refractivity (Wildman–Crippen MR) is 110 cm³/mol. The Morgan fingerprint density at radius 3 is 2.47 bits per heavy atom. The molecule has 1 aliphatic rings. The molecule has 9 heteroatoms. The number of ether oxygens (including phenoxy) is 1. The molecule has 0 aliphatic carbocycles. The predicted octanol–water partition coefficient (Wildman–Crippen LogP) is 1.79. The molecule has 3 amide bonds. The van der Waals surface area contributed by atoms with Crippen molar-refractivity contribution in [3.05, 3.63) is 59.7 Å². The van der Waals surface area contributed by atoms with Crippen molar-refractivity contribution in [3.8, 4) is 18.1 Å². The second kappa shape index (κ2) is 8.18. The highest BCUT2D eigenvalue weighted by atomic mass is 32.2. The van der Waals surface area contributed by atoms with Crippen LogP contribution in [-0.2, 0) is 20.4 Å². The monoisotopic (exact) mass is 427 g/mol. The zero-order valence-electron chi connectivity index (χ0n) is 16.4. The van der Waals surface area contributed by atoms with E-state index in [1.165, 1.54) is 32.2 Å². The number of urea groups is 1. The Kier molecular flexibility index (Phi) is 5.82. The van der Waals surface area contributed by atoms with Crippen LogP contribution in [-0.4, -0.2) is 27.5 Å². The van der Waals surface area contributed by atoms with E-state index in [4.69, 9.17) is 11.2 Å². The molecule has 1 saturated heterocycles. The third kappa shape index (κ3) is 4.01. The maximum absolute atomic E-state index is 13.1. The highest BCUT2D eigenvalue weighted by molar-refractivity contribution is 7.89. The van der Waals surface area contributed by atoms with Crippen molar-refractivity contribution in [2.75, 3.05) is 7.11 Å². The minimum atomic E-state index is -4.01. The van der Waals surface area contributed by atoms with Crippen LogP contribution in [0.2, 0.25) is 0 Å². The van der Waals surface area contributed by atoms with Gasteiger partial charge in [0.25, 0.3) is 5.91 Å². The number of sulfonamides is 1. The summed E-state index contributed by atoms with van der Waals surface area (Å²) in [6, 6.07) is 11.8. The van der Waals surface area contributed by atoms with E-state index in [9.17, 15) is 18.0 Å². The lowest BCUT2D eigenvalue weighted by molar-refractivity contribution is -0.123. The van der Waals surface area contributed by atoms with Gasteiger partial charge >= 0.3 is 6.03 Å². The highest BCUT2D eigenvalue weighted by Gasteiger charge is 2.45. The van der Waals surface area contributed by atoms with Crippen LogP contribution >= 0.6 is 0 Å². The van der Waals surface area contributed by atoms with Gasteiger partial charge in [-0.3, -0.25) is 10.1 Å². The standard InChI is InChI=1S/C21H21N3O5S/c1-4-8-17(14-9-6-5-7-10-14)24-30(27,28)15-11-12-18(29-3)16(13-15)21(2)19(25)22-20(26)23-21/h1,5-7,9-13,17,24H,8H2,2-3H3,(H2,22,23,25,26)/t17-,21+/m1/s1. The van der Waals surface area contributed by atoms with E-state index in [0.717, 1.165) is 5.56 Å². The second-order valence-corrected chi connectivity index (χ2v) is 8.60. The summed E-state index contributed by atoms with van der Waals surface area (Å²) < 4.78 is 34.1. The minimum Gasteiger partial charge on any atom is -0.496 e. The van der Waals surface area contributed by atoms with E-state index in [1.54, 1.807) is 24.3 Å². The Morgan fingerprint density at radius 1 is 1.20 bits per heavy atom. The molecule has 0 radical (unpaired) electrons. The molecule has 0 bridgehead atoms. The molecule has 0 spiro atoms. The van der Waals surface area contributed by atoms with E-state index < -0.39 is 33.5 Å². The quantitative estimate of drug-likeness (QED) is 0.461. The molecular weight excluding hydrogens is 406 g/mol. The molecule has 3 N–H and O–H groups in total. The van der Waals surface area contributed by atoms with Crippen LogP contribution in [0.5, 0.6) is 5.75 Å². The van der Waals surface area contributed by atoms with Crippen molar-refractivity contribution in [3.63, 3.8) is 0 Å². The molecule has 1 aliphatic heterocycles. The first kappa shape index (κ1) is 21.4. The first-order valence-corrected chi connectivity index (χ1v) is 10.5. The van der Waals surface area contributed by atoms with Gasteiger partial charge in [0, 0.05) is 12.0 Å². The molecule has 156 valence electrons. The van der Waals surface area contributed by atoms with E-state index in [-0.39, 0.29) is 22.6 Å². The zero-order chi connectivity index (χ0) is 21.9. The van der Waals surface area contributed by atoms with Crippen LogP contribution in [0, 0.1) is 12.3 Å². The average Bonchev–Trinajstić information content (AvgIpc) is 3.00. The molecule has 3 rings (SSSR count). The molecule has 2 aromatic carbocycles. The summed E-state index contributed by atoms with van der Waals surface area (Å²) in [5, 5.41) is 4.67. The van der Waals surface area contributed by atoms with Gasteiger partial charge in [-0.1, -0.05) is 30.3 Å². The van der Waals surface area contributed by atoms with Crippen molar-refractivity contribution < 1.29 is 22.7 Å². The molecule has 2 aromatic rings. The lowest BCUT2D eigenvalue weighted by atomic mass is 9.91. The molecule has 0 saturated carbocycles. The Morgan fingerprint density at radius 2 is 1.90 bits per heavy atom. The molecular formula is C21H21N3O5S. The third-order valence-corrected chi connectivity index (χ3v) is 6.36. The summed E-state index contributed by atoms with van der Waals surface area (Å²) in [6.45, 7) is 1.47. The van der Waals surface area contributed by atoms with E-state index in [2.05, 4.69) is 21.3 Å². The Balaban J connectivity index is 2.01. The SMILES string of the molecule is C#CC[C@@H](NS(=O)(=O)c1ccc(OC)c([C@]2(C)NC(=O)NC2=O)c1)c1ccccc1. The zero-order valence-corrected chi connectivity index (χ0v) is 17.2. The first-order chi connectivity index (χ1) is 14.2. The normalized spacial score (nSPS) is 19.5. The van der Waals surface area contributed by atoms with Gasteiger partial charge in [0.1, 0.15) is 11.3 Å². The van der Waals surface area contributed by atoms with Crippen molar-refractivity contribution >= 4 is 22.0 Å². The summed E-state index contributed by atoms with van der Waals surface area (Å²) in [7, 11) is -2.62. The summed E-state index contributed by atoms with van der Waals surface area (Å²) in [5.41, 5.74) is -0.544. The van der Waals surface area contributed by atoms with Gasteiger partial charge in [0.2, 0.25) is 10.0 Å². The van der Waals surface area contributed by atoms with E-state index in [0.29, 0.717) is 0 Å². The minimum absolute atomic E-state index is 0.0913. The van der Waals surface area contributed by atoms with Gasteiger partial charge in [-0.15, -0.1) is 12.3 Å². The number of nitrogens with one attached hydrogen (secondary N) is 3. The molecule has 0 unspecified atom stereocenters. The fourth-order valence-corrected chi connectivity index (χ4v) is 4.51. The second-order valence-electron chi connectivity index (χ2n) is 6.89. The van der Waals surface area contributed by atoms with Gasteiger partial charge in [-0.2, -0.15) is 0 Å². The van der Waals surface area contributed by atoms with Crippen molar-refractivity contribution in [1.82, 2.24) is 15.4 Å². The lowest BCUT2D eigenvalue weighted by Crippen LogP contribution is -2.41. The van der Waals surface area contributed by atoms with E-state index >= 15 is 0 Å². The molecule has 8 nitrogen and oxygen atoms in total. The number of rotatable bonds is 7. The van der Waals surface area contributed by atoms with E-state index in [1.807, 2.05) is 6.07 Å². The van der Waals surface area contributed by atoms with Crippen LogP contribution in [0.4, 0.5) is 4.79 Å². The number of hydrogen-bond acceptors (Lipinski definition) is 5. The average molecular weight is 427 g/mol. The van der Waals surface area contributed by atoms with Gasteiger partial charge in [0.15, 0.2) is 0 Å². The Hall–Kier alpha value is -3.35. The molecule has 0 aromatic heterocycles. The number of amides is 3. The summed E-state index contributed by atoms with van der Waals surface area (Å²) in [6.07, 6.45) is 5.58. The third-order valence-electron chi connectivity index (χ3n) is 4.89. The van der Waals surface area contributed by atoms with Crippen molar-refractivity contribution in [1.29, 1.82) is 0 Å². The van der Waals surface area contributed by atoms with Crippen LogP contribution in [0.25, 0.3) is 0 Å². The fraction of sp³-hybridized carbons (Fsp3) is 0.238. The molecule has 1 heterocycles. The highest BCUT2D eigenvalue weighted by Crippen LogP contribution is 2.34. The van der Waals surface area contributed by atoms with Crippen molar-refractivity contribution in [2.24, 2.45) is 0 Å². The van der Waals surface area contributed by atoms with Gasteiger partial charge in [0.05, 0.1) is 18.0 Å². The number of terminal acetylenes is 1. The number of methoxy groups -OCH3 is 1. The smallest absolute Gasteiger partial charge is 0.322 e. The van der Waals surface area contributed by atoms with Crippen LogP contribution in [0.15, 0.2) is 53.4 Å². The summed E-state index contributed by atoms with van der Waals surface area (Å²) in [4.78, 5) is 23.9. The molecule has 30 heavy (non-hydrogen) atoms. The van der Waals surface area contributed by atoms with Crippen LogP contribution < -0.4 is 20.1 Å². The lowest BCUT2D eigenvalue weighted by Gasteiger charge is -2.24. The number of carbonyl (C=O) groups excluding carboxylic acids is 2. The van der Waals surface area contributed by atoms with Gasteiger partial charge in [-0.05, 0) is 30.7 Å². The number of hydrogen-bond donors (Lipinski definition) is 3. The number of carbonyl (C=O) groups is 2. The Labute approximate surface area is 175 Å².